The van der Waals surface area contributed by atoms with Crippen LogP contribution in [-0.2, 0) is 0 Å². The molecule has 0 atom stereocenters. The van der Waals surface area contributed by atoms with Gasteiger partial charge in [-0.05, 0) is 31.0 Å². The minimum Gasteiger partial charge on any atom is -0.382 e. The van der Waals surface area contributed by atoms with E-state index in [9.17, 15) is 0 Å². The molecule has 0 saturated heterocycles. The van der Waals surface area contributed by atoms with E-state index in [1.807, 2.05) is 6.07 Å². The van der Waals surface area contributed by atoms with Crippen molar-refractivity contribution >= 4 is 5.82 Å². The van der Waals surface area contributed by atoms with Crippen molar-refractivity contribution in [3.05, 3.63) is 41.6 Å². The second-order valence-corrected chi connectivity index (χ2v) is 3.65. The number of nitrogens with two attached hydrogens (primary N) is 1. The van der Waals surface area contributed by atoms with Gasteiger partial charge in [-0.3, -0.25) is 0 Å². The molecule has 2 rings (SSSR count). The first-order valence-electron chi connectivity index (χ1n) is 4.83. The summed E-state index contributed by atoms with van der Waals surface area (Å²) in [6.07, 6.45) is 1.66. The molecule has 76 valence electrons. The molecule has 0 unspecified atom stereocenters. The summed E-state index contributed by atoms with van der Waals surface area (Å²) in [7, 11) is 0. The fraction of sp³-hybridized carbons (Fsp3) is 0.167. The van der Waals surface area contributed by atoms with Crippen LogP contribution >= 0.6 is 0 Å². The Labute approximate surface area is 89.0 Å². The topological polar surface area (TPSA) is 51.8 Å². The molecule has 1 aromatic carbocycles. The van der Waals surface area contributed by atoms with E-state index in [0.717, 1.165) is 11.1 Å². The van der Waals surface area contributed by atoms with Crippen molar-refractivity contribution in [3.8, 4) is 11.1 Å². The molecule has 1 heterocycles. The Balaban J connectivity index is 2.64. The number of benzene rings is 1. The summed E-state index contributed by atoms with van der Waals surface area (Å²) in [5.74, 6) is 0.478. The van der Waals surface area contributed by atoms with Crippen LogP contribution in [0.3, 0.4) is 0 Å². The lowest BCUT2D eigenvalue weighted by molar-refractivity contribution is 1.04. The van der Waals surface area contributed by atoms with Crippen molar-refractivity contribution in [1.29, 1.82) is 0 Å². The zero-order chi connectivity index (χ0) is 10.8. The molecule has 0 radical (unpaired) electrons. The molecule has 3 heteroatoms. The van der Waals surface area contributed by atoms with Crippen LogP contribution in [0.2, 0.25) is 0 Å². The monoisotopic (exact) mass is 199 g/mol. The first kappa shape index (κ1) is 9.65. The summed E-state index contributed by atoms with van der Waals surface area (Å²) in [6, 6.07) is 8.18. The molecule has 3 nitrogen and oxygen atoms in total. The van der Waals surface area contributed by atoms with Gasteiger partial charge >= 0.3 is 0 Å². The van der Waals surface area contributed by atoms with Gasteiger partial charge in [-0.2, -0.15) is 5.10 Å². The zero-order valence-corrected chi connectivity index (χ0v) is 8.86. The van der Waals surface area contributed by atoms with Crippen LogP contribution in [0.25, 0.3) is 11.1 Å². The van der Waals surface area contributed by atoms with Gasteiger partial charge in [0, 0.05) is 5.56 Å². The third kappa shape index (κ3) is 1.81. The van der Waals surface area contributed by atoms with Crippen LogP contribution in [0.4, 0.5) is 5.82 Å². The SMILES string of the molecule is Cc1ccc(C)c(-c2ccnnc2N)c1. The van der Waals surface area contributed by atoms with Crippen LogP contribution in [0.15, 0.2) is 30.5 Å². The van der Waals surface area contributed by atoms with Gasteiger partial charge in [-0.15, -0.1) is 5.10 Å². The average Bonchev–Trinajstić information content (AvgIpc) is 2.23. The van der Waals surface area contributed by atoms with Crippen LogP contribution in [-0.4, -0.2) is 10.2 Å². The molecular weight excluding hydrogens is 186 g/mol. The molecule has 0 aliphatic heterocycles. The normalized spacial score (nSPS) is 10.3. The number of nitrogens with zero attached hydrogens (tertiary/aromatic N) is 2. The smallest absolute Gasteiger partial charge is 0.153 e. The van der Waals surface area contributed by atoms with Crippen LogP contribution in [0, 0.1) is 13.8 Å². The van der Waals surface area contributed by atoms with Gasteiger partial charge in [0.2, 0.25) is 0 Å². The highest BCUT2D eigenvalue weighted by molar-refractivity contribution is 5.75. The molecule has 0 bridgehead atoms. The molecule has 0 fully saturated rings. The van der Waals surface area contributed by atoms with E-state index in [-0.39, 0.29) is 0 Å². The van der Waals surface area contributed by atoms with Gasteiger partial charge in [0.1, 0.15) is 0 Å². The number of rotatable bonds is 1. The van der Waals surface area contributed by atoms with E-state index < -0.39 is 0 Å². The molecule has 0 amide bonds. The van der Waals surface area contributed by atoms with E-state index in [2.05, 4.69) is 42.2 Å². The maximum Gasteiger partial charge on any atom is 0.153 e. The molecule has 1 aromatic heterocycles. The van der Waals surface area contributed by atoms with Crippen molar-refractivity contribution in [2.45, 2.75) is 13.8 Å². The van der Waals surface area contributed by atoms with Gasteiger partial charge in [0.05, 0.1) is 6.20 Å². The number of aromatic nitrogens is 2. The summed E-state index contributed by atoms with van der Waals surface area (Å²) in [5, 5.41) is 7.60. The van der Waals surface area contributed by atoms with Crippen molar-refractivity contribution in [2.24, 2.45) is 0 Å². The Morgan fingerprint density at radius 2 is 1.87 bits per heavy atom. The summed E-state index contributed by atoms with van der Waals surface area (Å²) >= 11 is 0. The Bertz CT molecular complexity index is 492. The van der Waals surface area contributed by atoms with Crippen molar-refractivity contribution in [1.82, 2.24) is 10.2 Å². The van der Waals surface area contributed by atoms with E-state index >= 15 is 0 Å². The summed E-state index contributed by atoms with van der Waals surface area (Å²) in [6.45, 7) is 4.13. The maximum absolute atomic E-state index is 5.80. The summed E-state index contributed by atoms with van der Waals surface area (Å²) in [4.78, 5) is 0. The maximum atomic E-state index is 5.80. The average molecular weight is 199 g/mol. The summed E-state index contributed by atoms with van der Waals surface area (Å²) < 4.78 is 0. The molecule has 2 aromatic rings. The van der Waals surface area contributed by atoms with Crippen LogP contribution in [0.5, 0.6) is 0 Å². The van der Waals surface area contributed by atoms with Gasteiger partial charge in [-0.25, -0.2) is 0 Å². The Morgan fingerprint density at radius 3 is 2.60 bits per heavy atom. The molecule has 0 spiro atoms. The number of hydrogen-bond donors (Lipinski definition) is 1. The first-order chi connectivity index (χ1) is 7.18. The molecule has 15 heavy (non-hydrogen) atoms. The lowest BCUT2D eigenvalue weighted by Gasteiger charge is -2.08. The van der Waals surface area contributed by atoms with Gasteiger partial charge in [0.25, 0.3) is 0 Å². The highest BCUT2D eigenvalue weighted by Crippen LogP contribution is 2.27. The van der Waals surface area contributed by atoms with Crippen molar-refractivity contribution < 1.29 is 0 Å². The Hall–Kier alpha value is -1.90. The molecular formula is C12H13N3. The zero-order valence-electron chi connectivity index (χ0n) is 8.86. The number of aryl methyl sites for hydroxylation is 2. The molecule has 0 saturated carbocycles. The first-order valence-corrected chi connectivity index (χ1v) is 4.83. The van der Waals surface area contributed by atoms with Gasteiger partial charge in [-0.1, -0.05) is 23.8 Å². The van der Waals surface area contributed by atoms with Gasteiger partial charge in [0.15, 0.2) is 5.82 Å². The number of hydrogen-bond acceptors (Lipinski definition) is 3. The van der Waals surface area contributed by atoms with E-state index in [1.54, 1.807) is 6.20 Å². The number of nitrogen functional groups attached to an aromatic ring is 1. The fourth-order valence-corrected chi connectivity index (χ4v) is 1.60. The van der Waals surface area contributed by atoms with Gasteiger partial charge < -0.3 is 5.73 Å². The van der Waals surface area contributed by atoms with Crippen molar-refractivity contribution in [3.63, 3.8) is 0 Å². The second kappa shape index (κ2) is 3.69. The van der Waals surface area contributed by atoms with E-state index in [0.29, 0.717) is 5.82 Å². The lowest BCUT2D eigenvalue weighted by Crippen LogP contribution is -1.96. The number of anilines is 1. The van der Waals surface area contributed by atoms with Crippen LogP contribution in [0.1, 0.15) is 11.1 Å². The van der Waals surface area contributed by atoms with E-state index in [4.69, 9.17) is 5.73 Å². The largest absolute Gasteiger partial charge is 0.382 e. The Kier molecular flexibility index (Phi) is 2.37. The minimum atomic E-state index is 0.478. The standard InChI is InChI=1S/C12H13N3/c1-8-3-4-9(2)11(7-8)10-5-6-14-15-12(10)13/h3-7H,1-2H3,(H2,13,15). The quantitative estimate of drug-likeness (QED) is 0.767. The van der Waals surface area contributed by atoms with E-state index in [1.165, 1.54) is 11.1 Å². The van der Waals surface area contributed by atoms with Crippen LogP contribution < -0.4 is 5.73 Å². The van der Waals surface area contributed by atoms with Crippen molar-refractivity contribution in [2.75, 3.05) is 5.73 Å². The molecule has 2 N–H and O–H groups in total. The highest BCUT2D eigenvalue weighted by Gasteiger charge is 2.06. The molecule has 0 aliphatic carbocycles. The Morgan fingerprint density at radius 1 is 1.07 bits per heavy atom. The predicted molar refractivity (Wildman–Crippen MR) is 61.4 cm³/mol. The minimum absolute atomic E-state index is 0.478. The predicted octanol–water partition coefficient (Wildman–Crippen LogP) is 2.34. The third-order valence-corrected chi connectivity index (χ3v) is 2.43. The highest BCUT2D eigenvalue weighted by atomic mass is 15.1. The molecule has 0 aliphatic rings. The second-order valence-electron chi connectivity index (χ2n) is 3.65. The third-order valence-electron chi connectivity index (χ3n) is 2.43. The fourth-order valence-electron chi connectivity index (χ4n) is 1.60. The summed E-state index contributed by atoms with van der Waals surface area (Å²) in [5.41, 5.74) is 10.3. The lowest BCUT2D eigenvalue weighted by atomic mass is 9.99.